The van der Waals surface area contributed by atoms with Gasteiger partial charge in [0.15, 0.2) is 0 Å². The quantitative estimate of drug-likeness (QED) is 0.550. The Morgan fingerprint density at radius 2 is 1.86 bits per heavy atom. The van der Waals surface area contributed by atoms with E-state index in [9.17, 15) is 13.2 Å². The number of ether oxygens (including phenoxy) is 1. The van der Waals surface area contributed by atoms with E-state index in [1.807, 2.05) is 13.8 Å². The van der Waals surface area contributed by atoms with Gasteiger partial charge in [0.2, 0.25) is 0 Å². The van der Waals surface area contributed by atoms with E-state index in [0.717, 1.165) is 5.56 Å². The van der Waals surface area contributed by atoms with Crippen molar-refractivity contribution in [1.29, 1.82) is 0 Å². The van der Waals surface area contributed by atoms with E-state index in [-0.39, 0.29) is 17.3 Å². The molecule has 0 amide bonds. The highest BCUT2D eigenvalue weighted by Crippen LogP contribution is 2.24. The summed E-state index contributed by atoms with van der Waals surface area (Å²) in [5.74, 6) is 5.66. The molecule has 0 fully saturated rings. The van der Waals surface area contributed by atoms with E-state index in [1.54, 1.807) is 42.5 Å². The van der Waals surface area contributed by atoms with E-state index in [4.69, 9.17) is 11.6 Å². The molecular formula is C21H22ClNO4S. The first kappa shape index (κ1) is 21.8. The molecule has 28 heavy (non-hydrogen) atoms. The molecule has 0 saturated heterocycles. The molecule has 148 valence electrons. The summed E-state index contributed by atoms with van der Waals surface area (Å²) in [6.45, 7) is 4.08. The van der Waals surface area contributed by atoms with Crippen LogP contribution in [0.1, 0.15) is 43.7 Å². The van der Waals surface area contributed by atoms with Gasteiger partial charge in [-0.15, -0.1) is 0 Å². The normalized spacial score (nSPS) is 10.9. The van der Waals surface area contributed by atoms with Crippen LogP contribution < -0.4 is 4.72 Å². The van der Waals surface area contributed by atoms with Gasteiger partial charge in [0.1, 0.15) is 0 Å². The fourth-order valence-corrected chi connectivity index (χ4v) is 3.62. The molecule has 0 heterocycles. The lowest BCUT2D eigenvalue weighted by Gasteiger charge is -2.11. The number of benzene rings is 2. The van der Waals surface area contributed by atoms with Crippen molar-refractivity contribution in [3.05, 3.63) is 58.6 Å². The monoisotopic (exact) mass is 419 g/mol. The second-order valence-electron chi connectivity index (χ2n) is 6.40. The summed E-state index contributed by atoms with van der Waals surface area (Å²) in [5.41, 5.74) is 1.81. The lowest BCUT2D eigenvalue weighted by atomic mass is 10.0. The van der Waals surface area contributed by atoms with Crippen LogP contribution in [-0.2, 0) is 19.6 Å². The molecule has 1 N–H and O–H groups in total. The van der Waals surface area contributed by atoms with Crippen molar-refractivity contribution < 1.29 is 17.9 Å². The van der Waals surface area contributed by atoms with E-state index in [2.05, 4.69) is 21.3 Å². The molecular weight excluding hydrogens is 398 g/mol. The van der Waals surface area contributed by atoms with Crippen LogP contribution in [0.15, 0.2) is 47.4 Å². The first-order chi connectivity index (χ1) is 13.2. The molecule has 7 heteroatoms. The summed E-state index contributed by atoms with van der Waals surface area (Å²) in [4.78, 5) is 11.3. The Labute approximate surface area is 171 Å². The first-order valence-electron chi connectivity index (χ1n) is 8.71. The molecule has 0 radical (unpaired) electrons. The highest BCUT2D eigenvalue weighted by atomic mass is 35.5. The zero-order valence-corrected chi connectivity index (χ0v) is 17.5. The van der Waals surface area contributed by atoms with Crippen LogP contribution in [0, 0.1) is 11.8 Å². The Bertz CT molecular complexity index is 1000. The number of methoxy groups -OCH3 is 1. The van der Waals surface area contributed by atoms with Gasteiger partial charge in [-0.3, -0.25) is 9.52 Å². The number of carbonyl (C=O) groups excluding carboxylic acids is 1. The van der Waals surface area contributed by atoms with Crippen LogP contribution in [0.25, 0.3) is 0 Å². The maximum atomic E-state index is 12.7. The number of hydrogen-bond acceptors (Lipinski definition) is 4. The first-order valence-corrected chi connectivity index (χ1v) is 10.6. The topological polar surface area (TPSA) is 72.5 Å². The summed E-state index contributed by atoms with van der Waals surface area (Å²) in [5, 5.41) is 0.432. The third kappa shape index (κ3) is 6.01. The number of nitrogens with one attached hydrogen (secondary N) is 1. The molecule has 0 bridgehead atoms. The van der Waals surface area contributed by atoms with Crippen LogP contribution in [0.2, 0.25) is 5.02 Å². The number of esters is 1. The number of halogens is 1. The molecule has 0 saturated carbocycles. The summed E-state index contributed by atoms with van der Waals surface area (Å²) < 4.78 is 32.6. The number of sulfonamides is 1. The van der Waals surface area contributed by atoms with Crippen LogP contribution in [0.5, 0.6) is 0 Å². The summed E-state index contributed by atoms with van der Waals surface area (Å²) in [7, 11) is -2.46. The maximum absolute atomic E-state index is 12.7. The van der Waals surface area contributed by atoms with Crippen molar-refractivity contribution in [3.8, 4) is 11.8 Å². The minimum atomic E-state index is -3.77. The molecule has 0 unspecified atom stereocenters. The molecule has 0 aliphatic carbocycles. The Hall–Kier alpha value is -2.49. The lowest BCUT2D eigenvalue weighted by molar-refractivity contribution is -0.140. The molecule has 0 spiro atoms. The Morgan fingerprint density at radius 3 is 2.46 bits per heavy atom. The van der Waals surface area contributed by atoms with Gasteiger partial charge in [0.25, 0.3) is 10.0 Å². The SMILES string of the molecule is COC(=O)CCC#Cc1cc(Cl)ccc1NS(=O)(=O)c1ccc(C(C)C)cc1. The molecule has 2 aromatic carbocycles. The van der Waals surface area contributed by atoms with Gasteiger partial charge in [-0.05, 0) is 41.8 Å². The van der Waals surface area contributed by atoms with Gasteiger partial charge in [0, 0.05) is 11.4 Å². The Morgan fingerprint density at radius 1 is 1.18 bits per heavy atom. The predicted molar refractivity (Wildman–Crippen MR) is 111 cm³/mol. The van der Waals surface area contributed by atoms with Gasteiger partial charge >= 0.3 is 5.97 Å². The van der Waals surface area contributed by atoms with Gasteiger partial charge in [-0.1, -0.05) is 49.4 Å². The highest BCUT2D eigenvalue weighted by Gasteiger charge is 2.16. The van der Waals surface area contributed by atoms with Crippen LogP contribution in [0.4, 0.5) is 5.69 Å². The van der Waals surface area contributed by atoms with Crippen molar-refractivity contribution >= 4 is 33.3 Å². The van der Waals surface area contributed by atoms with Crippen molar-refractivity contribution in [2.45, 2.75) is 37.5 Å². The molecule has 0 atom stereocenters. The van der Waals surface area contributed by atoms with E-state index >= 15 is 0 Å². The molecule has 5 nitrogen and oxygen atoms in total. The van der Waals surface area contributed by atoms with Gasteiger partial charge in [0.05, 0.1) is 29.7 Å². The van der Waals surface area contributed by atoms with E-state index < -0.39 is 10.0 Å². The summed E-state index contributed by atoms with van der Waals surface area (Å²) in [6, 6.07) is 11.5. The zero-order chi connectivity index (χ0) is 20.7. The third-order valence-corrected chi connectivity index (χ3v) is 5.60. The van der Waals surface area contributed by atoms with Gasteiger partial charge < -0.3 is 4.74 Å². The van der Waals surface area contributed by atoms with Crippen LogP contribution >= 0.6 is 11.6 Å². The fourth-order valence-electron chi connectivity index (χ4n) is 2.37. The smallest absolute Gasteiger partial charge is 0.306 e. The van der Waals surface area contributed by atoms with Crippen molar-refractivity contribution in [2.24, 2.45) is 0 Å². The Kier molecular flexibility index (Phi) is 7.50. The van der Waals surface area contributed by atoms with Crippen molar-refractivity contribution in [3.63, 3.8) is 0 Å². The largest absolute Gasteiger partial charge is 0.469 e. The molecule has 2 aromatic rings. The van der Waals surface area contributed by atoms with Crippen LogP contribution in [0.3, 0.4) is 0 Å². The second-order valence-corrected chi connectivity index (χ2v) is 8.52. The van der Waals surface area contributed by atoms with Gasteiger partial charge in [-0.25, -0.2) is 8.42 Å². The second kappa shape index (κ2) is 9.63. The molecule has 0 aromatic heterocycles. The summed E-state index contributed by atoms with van der Waals surface area (Å²) in [6.07, 6.45) is 0.454. The van der Waals surface area contributed by atoms with E-state index in [1.165, 1.54) is 7.11 Å². The highest BCUT2D eigenvalue weighted by molar-refractivity contribution is 7.92. The lowest BCUT2D eigenvalue weighted by Crippen LogP contribution is -2.14. The van der Waals surface area contributed by atoms with Crippen molar-refractivity contribution in [2.75, 3.05) is 11.8 Å². The fraction of sp³-hybridized carbons (Fsp3) is 0.286. The number of anilines is 1. The minimum Gasteiger partial charge on any atom is -0.469 e. The minimum absolute atomic E-state index is 0.160. The standard InChI is InChI=1S/C21H22ClNO4S/c1-15(2)16-8-11-19(12-9-16)28(25,26)23-20-13-10-18(22)14-17(20)6-4-5-7-21(24)27-3/h8-15,23H,5,7H2,1-3H3. The molecule has 2 rings (SSSR count). The van der Waals surface area contributed by atoms with Crippen molar-refractivity contribution in [1.82, 2.24) is 0 Å². The van der Waals surface area contributed by atoms with Crippen LogP contribution in [-0.4, -0.2) is 21.5 Å². The average Bonchev–Trinajstić information content (AvgIpc) is 2.66. The predicted octanol–water partition coefficient (Wildman–Crippen LogP) is 4.57. The Balaban J connectivity index is 2.25. The van der Waals surface area contributed by atoms with Gasteiger partial charge in [-0.2, -0.15) is 0 Å². The molecule has 0 aliphatic rings. The molecule has 0 aliphatic heterocycles. The average molecular weight is 420 g/mol. The third-order valence-electron chi connectivity index (χ3n) is 3.99. The zero-order valence-electron chi connectivity index (χ0n) is 16.0. The number of rotatable bonds is 6. The maximum Gasteiger partial charge on any atom is 0.306 e. The summed E-state index contributed by atoms with van der Waals surface area (Å²) >= 11 is 6.02. The number of hydrogen-bond donors (Lipinski definition) is 1. The van der Waals surface area contributed by atoms with E-state index in [0.29, 0.717) is 28.6 Å². The number of carbonyl (C=O) groups is 1.